The summed E-state index contributed by atoms with van der Waals surface area (Å²) in [5, 5.41) is 9.38. The van der Waals surface area contributed by atoms with Crippen LogP contribution in [0.25, 0.3) is 0 Å². The van der Waals surface area contributed by atoms with E-state index in [1.165, 1.54) is 4.90 Å². The molecule has 1 amide bonds. The summed E-state index contributed by atoms with van der Waals surface area (Å²) in [4.78, 5) is 25.1. The number of carboxylic acids is 1. The fraction of sp³-hybridized carbons (Fsp3) is 0.467. The Bertz CT molecular complexity index is 557. The first-order valence-corrected chi connectivity index (χ1v) is 6.86. The van der Waals surface area contributed by atoms with E-state index in [1.54, 1.807) is 6.92 Å². The van der Waals surface area contributed by atoms with Gasteiger partial charge in [-0.1, -0.05) is 31.2 Å². The molecule has 0 saturated carbocycles. The summed E-state index contributed by atoms with van der Waals surface area (Å²) >= 11 is 0. The Labute approximate surface area is 117 Å². The second-order valence-electron chi connectivity index (χ2n) is 5.26. The molecule has 20 heavy (non-hydrogen) atoms. The minimum atomic E-state index is -0.953. The molecule has 0 aromatic heterocycles. The minimum Gasteiger partial charge on any atom is -0.480 e. The van der Waals surface area contributed by atoms with Gasteiger partial charge in [-0.2, -0.15) is 0 Å². The first kappa shape index (κ1) is 13.1. The van der Waals surface area contributed by atoms with E-state index < -0.39 is 12.0 Å². The van der Waals surface area contributed by atoms with Crippen molar-refractivity contribution in [2.75, 3.05) is 6.61 Å². The number of ether oxygens (including phenoxy) is 1. The van der Waals surface area contributed by atoms with E-state index in [9.17, 15) is 14.7 Å². The molecule has 0 spiro atoms. The number of hydrogen-bond donors (Lipinski definition) is 1. The molecule has 106 valence electrons. The average Bonchev–Trinajstić information content (AvgIpc) is 2.80. The molecule has 2 aliphatic rings. The van der Waals surface area contributed by atoms with Gasteiger partial charge in [-0.25, -0.2) is 4.79 Å². The maximum Gasteiger partial charge on any atom is 0.326 e. The largest absolute Gasteiger partial charge is 0.480 e. The third-order valence-corrected chi connectivity index (χ3v) is 4.16. The number of morpholine rings is 1. The summed E-state index contributed by atoms with van der Waals surface area (Å²) in [7, 11) is 0. The molecule has 1 unspecified atom stereocenters. The van der Waals surface area contributed by atoms with Gasteiger partial charge in [-0.05, 0) is 17.5 Å². The number of aliphatic carboxylic acids is 1. The quantitative estimate of drug-likeness (QED) is 0.905. The normalized spacial score (nSPS) is 26.1. The van der Waals surface area contributed by atoms with E-state index in [2.05, 4.69) is 0 Å². The number of carbonyl (C=O) groups excluding carboxylic acids is 1. The number of amides is 1. The van der Waals surface area contributed by atoms with Crippen molar-refractivity contribution in [1.82, 2.24) is 4.90 Å². The maximum absolute atomic E-state index is 12.2. The van der Waals surface area contributed by atoms with Crippen molar-refractivity contribution >= 4 is 11.9 Å². The Hall–Kier alpha value is -1.88. The van der Waals surface area contributed by atoms with Crippen LogP contribution in [-0.2, 0) is 20.7 Å². The van der Waals surface area contributed by atoms with Gasteiger partial charge in [0.15, 0.2) is 0 Å². The van der Waals surface area contributed by atoms with Crippen LogP contribution in [0.5, 0.6) is 0 Å². The summed E-state index contributed by atoms with van der Waals surface area (Å²) < 4.78 is 5.62. The molecule has 1 aromatic rings. The van der Waals surface area contributed by atoms with Crippen molar-refractivity contribution in [3.8, 4) is 0 Å². The summed E-state index contributed by atoms with van der Waals surface area (Å²) in [5.41, 5.74) is 2.16. The summed E-state index contributed by atoms with van der Waals surface area (Å²) in [6, 6.07) is 6.79. The van der Waals surface area contributed by atoms with E-state index in [-0.39, 0.29) is 24.7 Å². The average molecular weight is 275 g/mol. The van der Waals surface area contributed by atoms with Crippen molar-refractivity contribution in [1.29, 1.82) is 0 Å². The Morgan fingerprint density at radius 2 is 2.25 bits per heavy atom. The summed E-state index contributed by atoms with van der Waals surface area (Å²) in [5.74, 6) is -1.19. The lowest BCUT2D eigenvalue weighted by Gasteiger charge is -2.41. The molecule has 1 saturated heterocycles. The monoisotopic (exact) mass is 275 g/mol. The van der Waals surface area contributed by atoms with Crippen LogP contribution in [0.15, 0.2) is 24.3 Å². The number of fused-ring (bicyclic) bond motifs is 3. The molecule has 5 heteroatoms. The van der Waals surface area contributed by atoms with E-state index in [4.69, 9.17) is 4.74 Å². The Balaban J connectivity index is 2.03. The highest BCUT2D eigenvalue weighted by atomic mass is 16.5. The fourth-order valence-corrected chi connectivity index (χ4v) is 3.28. The highest BCUT2D eigenvalue weighted by Gasteiger charge is 2.46. The zero-order valence-corrected chi connectivity index (χ0v) is 11.3. The van der Waals surface area contributed by atoms with Crippen LogP contribution in [0.3, 0.4) is 0 Å². The first-order chi connectivity index (χ1) is 9.63. The molecule has 1 heterocycles. The van der Waals surface area contributed by atoms with Gasteiger partial charge in [0.1, 0.15) is 12.6 Å². The first-order valence-electron chi connectivity index (χ1n) is 6.86. The van der Waals surface area contributed by atoms with Crippen molar-refractivity contribution in [2.24, 2.45) is 0 Å². The highest BCUT2D eigenvalue weighted by molar-refractivity contribution is 5.85. The van der Waals surface area contributed by atoms with Gasteiger partial charge in [-0.3, -0.25) is 4.79 Å². The molecule has 3 atom stereocenters. The van der Waals surface area contributed by atoms with Gasteiger partial charge in [0.05, 0.1) is 12.1 Å². The van der Waals surface area contributed by atoms with Crippen molar-refractivity contribution in [2.45, 2.75) is 38.0 Å². The molecule has 3 rings (SSSR count). The van der Waals surface area contributed by atoms with Crippen LogP contribution >= 0.6 is 0 Å². The zero-order chi connectivity index (χ0) is 14.3. The smallest absolute Gasteiger partial charge is 0.326 e. The van der Waals surface area contributed by atoms with Crippen LogP contribution in [-0.4, -0.2) is 40.6 Å². The molecule has 1 aromatic carbocycles. The van der Waals surface area contributed by atoms with Crippen molar-refractivity contribution < 1.29 is 19.4 Å². The standard InChI is InChI=1S/C15H17NO4/c1-2-11(15(18)19)16-13(17)8-20-12-7-9-5-3-4-6-10(9)14(12)16/h3-6,11-12,14H,2,7-8H2,1H3,(H,18,19)/t11?,12-,14+/m0/s1. The third kappa shape index (κ3) is 1.89. The number of hydrogen-bond acceptors (Lipinski definition) is 3. The van der Waals surface area contributed by atoms with E-state index in [0.29, 0.717) is 6.42 Å². The minimum absolute atomic E-state index is 0.0288. The van der Waals surface area contributed by atoms with Gasteiger partial charge in [0, 0.05) is 6.42 Å². The van der Waals surface area contributed by atoms with Crippen molar-refractivity contribution in [3.05, 3.63) is 35.4 Å². The lowest BCUT2D eigenvalue weighted by Crippen LogP contribution is -2.54. The van der Waals surface area contributed by atoms with Gasteiger partial charge < -0.3 is 14.7 Å². The maximum atomic E-state index is 12.2. The topological polar surface area (TPSA) is 66.8 Å². The molecular formula is C15H17NO4. The van der Waals surface area contributed by atoms with E-state index in [0.717, 1.165) is 17.5 Å². The second kappa shape index (κ2) is 4.90. The Kier molecular flexibility index (Phi) is 3.22. The van der Waals surface area contributed by atoms with Crippen molar-refractivity contribution in [3.63, 3.8) is 0 Å². The van der Waals surface area contributed by atoms with Crippen LogP contribution in [0.4, 0.5) is 0 Å². The number of carbonyl (C=O) groups is 2. The molecule has 1 N–H and O–H groups in total. The Morgan fingerprint density at radius 1 is 1.50 bits per heavy atom. The highest BCUT2D eigenvalue weighted by Crippen LogP contribution is 2.41. The molecule has 1 aliphatic carbocycles. The molecule has 1 fully saturated rings. The van der Waals surface area contributed by atoms with E-state index in [1.807, 2.05) is 24.3 Å². The van der Waals surface area contributed by atoms with Crippen LogP contribution < -0.4 is 0 Å². The zero-order valence-electron chi connectivity index (χ0n) is 11.3. The van der Waals surface area contributed by atoms with Crippen LogP contribution in [0, 0.1) is 0 Å². The van der Waals surface area contributed by atoms with E-state index >= 15 is 0 Å². The SMILES string of the molecule is CCC(C(=O)O)N1C(=O)CO[C@H]2Cc3ccccc3[C@H]21. The van der Waals surface area contributed by atoms with Gasteiger partial charge in [-0.15, -0.1) is 0 Å². The van der Waals surface area contributed by atoms with Gasteiger partial charge in [0.2, 0.25) is 5.91 Å². The molecule has 0 radical (unpaired) electrons. The second-order valence-corrected chi connectivity index (χ2v) is 5.26. The van der Waals surface area contributed by atoms with Crippen LogP contribution in [0.2, 0.25) is 0 Å². The fourth-order valence-electron chi connectivity index (χ4n) is 3.28. The molecule has 5 nitrogen and oxygen atoms in total. The number of benzene rings is 1. The molecule has 0 bridgehead atoms. The predicted molar refractivity (Wildman–Crippen MR) is 71.2 cm³/mol. The van der Waals surface area contributed by atoms with Gasteiger partial charge >= 0.3 is 5.97 Å². The lowest BCUT2D eigenvalue weighted by atomic mass is 10.0. The number of carboxylic acid groups (broad SMARTS) is 1. The lowest BCUT2D eigenvalue weighted by molar-refractivity contribution is -0.169. The third-order valence-electron chi connectivity index (χ3n) is 4.16. The summed E-state index contributed by atoms with van der Waals surface area (Å²) in [6.07, 6.45) is 1.01. The number of nitrogens with zero attached hydrogens (tertiary/aromatic N) is 1. The molecule has 1 aliphatic heterocycles. The number of rotatable bonds is 3. The summed E-state index contributed by atoms with van der Waals surface area (Å²) in [6.45, 7) is 1.76. The van der Waals surface area contributed by atoms with Gasteiger partial charge in [0.25, 0.3) is 0 Å². The molecular weight excluding hydrogens is 258 g/mol. The predicted octanol–water partition coefficient (Wildman–Crippen LogP) is 1.37. The van der Waals surface area contributed by atoms with Crippen LogP contribution in [0.1, 0.15) is 30.5 Å². The Morgan fingerprint density at radius 3 is 2.95 bits per heavy atom.